The molecule has 0 radical (unpaired) electrons. The van der Waals surface area contributed by atoms with Crippen LogP contribution in [0, 0.1) is 0 Å². The van der Waals surface area contributed by atoms with E-state index >= 15 is 0 Å². The fourth-order valence-corrected chi connectivity index (χ4v) is 2.42. The molecule has 0 bridgehead atoms. The van der Waals surface area contributed by atoms with Crippen LogP contribution in [0.2, 0.25) is 10.0 Å². The van der Waals surface area contributed by atoms with Gasteiger partial charge in [0.1, 0.15) is 0 Å². The molecule has 0 amide bonds. The van der Waals surface area contributed by atoms with Crippen molar-refractivity contribution in [1.82, 2.24) is 0 Å². The summed E-state index contributed by atoms with van der Waals surface area (Å²) in [6.07, 6.45) is 0. The van der Waals surface area contributed by atoms with Crippen molar-refractivity contribution in [2.45, 2.75) is 12.5 Å². The highest BCUT2D eigenvalue weighted by molar-refractivity contribution is 6.31. The van der Waals surface area contributed by atoms with Crippen LogP contribution in [-0.2, 0) is 5.54 Å². The first-order valence-corrected chi connectivity index (χ1v) is 6.70. The molecule has 100 valence electrons. The smallest absolute Gasteiger partial charge is 0.0842 e. The van der Waals surface area contributed by atoms with Crippen molar-refractivity contribution in [2.75, 3.05) is 11.9 Å². The van der Waals surface area contributed by atoms with Crippen molar-refractivity contribution in [1.29, 1.82) is 0 Å². The zero-order chi connectivity index (χ0) is 13.9. The van der Waals surface area contributed by atoms with Crippen LogP contribution in [0.15, 0.2) is 48.5 Å². The third kappa shape index (κ3) is 3.21. The van der Waals surface area contributed by atoms with Crippen LogP contribution in [0.4, 0.5) is 5.69 Å². The Kier molecular flexibility index (Phi) is 4.35. The van der Waals surface area contributed by atoms with Gasteiger partial charge >= 0.3 is 0 Å². The number of anilines is 1. The summed E-state index contributed by atoms with van der Waals surface area (Å²) in [4.78, 5) is 0. The maximum atomic E-state index is 9.73. The van der Waals surface area contributed by atoms with E-state index in [1.165, 1.54) is 0 Å². The standard InChI is InChI=1S/C15H15Cl2NO/c1-15(10-19,13-4-2-3-5-14(13)17)18-12-8-6-11(16)7-9-12/h2-9,18-19H,10H2,1H3. The van der Waals surface area contributed by atoms with E-state index in [0.29, 0.717) is 10.0 Å². The molecule has 2 rings (SSSR count). The van der Waals surface area contributed by atoms with Gasteiger partial charge in [-0.1, -0.05) is 41.4 Å². The van der Waals surface area contributed by atoms with E-state index in [0.717, 1.165) is 11.3 Å². The van der Waals surface area contributed by atoms with Crippen LogP contribution in [0.5, 0.6) is 0 Å². The lowest BCUT2D eigenvalue weighted by Gasteiger charge is -2.31. The molecule has 2 N–H and O–H groups in total. The van der Waals surface area contributed by atoms with Crippen molar-refractivity contribution in [3.8, 4) is 0 Å². The van der Waals surface area contributed by atoms with Crippen LogP contribution in [-0.4, -0.2) is 11.7 Å². The van der Waals surface area contributed by atoms with E-state index in [2.05, 4.69) is 5.32 Å². The summed E-state index contributed by atoms with van der Waals surface area (Å²) >= 11 is 12.1. The summed E-state index contributed by atoms with van der Waals surface area (Å²) in [7, 11) is 0. The molecule has 0 aliphatic carbocycles. The molecule has 0 aliphatic heterocycles. The Bertz CT molecular complexity index is 556. The second kappa shape index (κ2) is 5.83. The highest BCUT2D eigenvalue weighted by Crippen LogP contribution is 2.31. The molecule has 1 unspecified atom stereocenters. The van der Waals surface area contributed by atoms with Crippen molar-refractivity contribution in [3.05, 3.63) is 64.1 Å². The van der Waals surface area contributed by atoms with Gasteiger partial charge in [-0.25, -0.2) is 0 Å². The van der Waals surface area contributed by atoms with E-state index in [-0.39, 0.29) is 6.61 Å². The molecule has 0 aliphatic rings. The molecule has 19 heavy (non-hydrogen) atoms. The summed E-state index contributed by atoms with van der Waals surface area (Å²) in [5.74, 6) is 0. The van der Waals surface area contributed by atoms with Gasteiger partial charge in [0.15, 0.2) is 0 Å². The zero-order valence-electron chi connectivity index (χ0n) is 10.5. The molecule has 0 saturated carbocycles. The van der Waals surface area contributed by atoms with E-state index in [4.69, 9.17) is 23.2 Å². The largest absolute Gasteiger partial charge is 0.394 e. The summed E-state index contributed by atoms with van der Waals surface area (Å²) in [6, 6.07) is 14.8. The van der Waals surface area contributed by atoms with E-state index in [1.54, 1.807) is 12.1 Å². The third-order valence-electron chi connectivity index (χ3n) is 3.05. The van der Waals surface area contributed by atoms with Gasteiger partial charge in [0.2, 0.25) is 0 Å². The number of nitrogens with one attached hydrogen (secondary N) is 1. The molecule has 0 fully saturated rings. The number of benzene rings is 2. The molecule has 2 aromatic carbocycles. The van der Waals surface area contributed by atoms with Crippen LogP contribution >= 0.6 is 23.2 Å². The van der Waals surface area contributed by atoms with Gasteiger partial charge in [-0.05, 0) is 42.8 Å². The molecule has 2 nitrogen and oxygen atoms in total. The van der Waals surface area contributed by atoms with Gasteiger partial charge in [0.25, 0.3) is 0 Å². The number of aliphatic hydroxyl groups is 1. The van der Waals surface area contributed by atoms with E-state index in [9.17, 15) is 5.11 Å². The van der Waals surface area contributed by atoms with Crippen LogP contribution in [0.1, 0.15) is 12.5 Å². The molecule has 0 saturated heterocycles. The van der Waals surface area contributed by atoms with E-state index < -0.39 is 5.54 Å². The van der Waals surface area contributed by atoms with Gasteiger partial charge < -0.3 is 10.4 Å². The maximum Gasteiger partial charge on any atom is 0.0842 e. The Labute approximate surface area is 123 Å². The van der Waals surface area contributed by atoms with Gasteiger partial charge in [-0.15, -0.1) is 0 Å². The number of halogens is 2. The quantitative estimate of drug-likeness (QED) is 0.881. The molecule has 1 atom stereocenters. The number of hydrogen-bond donors (Lipinski definition) is 2. The number of aliphatic hydroxyl groups excluding tert-OH is 1. The Morgan fingerprint density at radius 3 is 2.26 bits per heavy atom. The fraction of sp³-hybridized carbons (Fsp3) is 0.200. The Morgan fingerprint density at radius 2 is 1.68 bits per heavy atom. The average Bonchev–Trinajstić information content (AvgIpc) is 2.42. The topological polar surface area (TPSA) is 32.3 Å². The minimum atomic E-state index is -0.647. The Hall–Kier alpha value is -1.22. The third-order valence-corrected chi connectivity index (χ3v) is 3.63. The van der Waals surface area contributed by atoms with E-state index in [1.807, 2.05) is 43.3 Å². The number of hydrogen-bond acceptors (Lipinski definition) is 2. The molecule has 0 aromatic heterocycles. The highest BCUT2D eigenvalue weighted by Gasteiger charge is 2.27. The normalized spacial score (nSPS) is 13.9. The monoisotopic (exact) mass is 295 g/mol. The molecule has 0 spiro atoms. The molecular weight excluding hydrogens is 281 g/mol. The second-order valence-electron chi connectivity index (χ2n) is 4.60. The molecule has 0 heterocycles. The number of rotatable bonds is 4. The zero-order valence-corrected chi connectivity index (χ0v) is 12.0. The minimum Gasteiger partial charge on any atom is -0.394 e. The van der Waals surface area contributed by atoms with Gasteiger partial charge in [-0.2, -0.15) is 0 Å². The molecule has 2 aromatic rings. The van der Waals surface area contributed by atoms with Crippen LogP contribution in [0.3, 0.4) is 0 Å². The Morgan fingerprint density at radius 1 is 1.05 bits per heavy atom. The lowest BCUT2D eigenvalue weighted by Crippen LogP contribution is -2.36. The highest BCUT2D eigenvalue weighted by atomic mass is 35.5. The predicted molar refractivity (Wildman–Crippen MR) is 81.0 cm³/mol. The van der Waals surface area contributed by atoms with Gasteiger partial charge in [0.05, 0.1) is 12.1 Å². The fourth-order valence-electron chi connectivity index (χ4n) is 1.95. The molecule has 4 heteroatoms. The average molecular weight is 296 g/mol. The SMILES string of the molecule is CC(CO)(Nc1ccc(Cl)cc1)c1ccccc1Cl. The Balaban J connectivity index is 2.33. The van der Waals surface area contributed by atoms with Gasteiger partial charge in [0, 0.05) is 15.7 Å². The van der Waals surface area contributed by atoms with Crippen molar-refractivity contribution < 1.29 is 5.11 Å². The van der Waals surface area contributed by atoms with Crippen molar-refractivity contribution in [2.24, 2.45) is 0 Å². The first-order valence-electron chi connectivity index (χ1n) is 5.95. The lowest BCUT2D eigenvalue weighted by molar-refractivity contribution is 0.224. The molecular formula is C15H15Cl2NO. The summed E-state index contributed by atoms with van der Waals surface area (Å²) in [5, 5.41) is 14.3. The summed E-state index contributed by atoms with van der Waals surface area (Å²) in [5.41, 5.74) is 1.08. The van der Waals surface area contributed by atoms with Crippen LogP contribution < -0.4 is 5.32 Å². The first-order chi connectivity index (χ1) is 9.05. The maximum absolute atomic E-state index is 9.73. The lowest BCUT2D eigenvalue weighted by atomic mass is 9.92. The van der Waals surface area contributed by atoms with Gasteiger partial charge in [-0.3, -0.25) is 0 Å². The van der Waals surface area contributed by atoms with Crippen molar-refractivity contribution >= 4 is 28.9 Å². The first kappa shape index (κ1) is 14.2. The van der Waals surface area contributed by atoms with Crippen molar-refractivity contribution in [3.63, 3.8) is 0 Å². The second-order valence-corrected chi connectivity index (χ2v) is 5.45. The van der Waals surface area contributed by atoms with Crippen LogP contribution in [0.25, 0.3) is 0 Å². The predicted octanol–water partition coefficient (Wildman–Crippen LogP) is 4.31. The summed E-state index contributed by atoms with van der Waals surface area (Å²) in [6.45, 7) is 1.84. The summed E-state index contributed by atoms with van der Waals surface area (Å²) < 4.78 is 0. The minimum absolute atomic E-state index is 0.0701.